The normalized spacial score (nSPS) is 21.9. The Bertz CT molecular complexity index is 535. The molecule has 0 amide bonds. The highest BCUT2D eigenvalue weighted by atomic mass is 79.9. The molecule has 0 saturated heterocycles. The van der Waals surface area contributed by atoms with Crippen LogP contribution in [0.1, 0.15) is 32.8 Å². The van der Waals surface area contributed by atoms with Gasteiger partial charge in [-0.1, -0.05) is 54.9 Å². The van der Waals surface area contributed by atoms with Crippen molar-refractivity contribution >= 4 is 27.8 Å². The van der Waals surface area contributed by atoms with Crippen LogP contribution >= 0.6 is 15.9 Å². The molecule has 100 valence electrons. The van der Waals surface area contributed by atoms with Gasteiger partial charge in [0.05, 0.1) is 0 Å². The Kier molecular flexibility index (Phi) is 4.41. The quantitative estimate of drug-likeness (QED) is 0.699. The maximum Gasteiger partial charge on any atom is 0.185 e. The lowest BCUT2D eigenvalue weighted by atomic mass is 9.80. The van der Waals surface area contributed by atoms with E-state index in [1.807, 2.05) is 30.3 Å². The van der Waals surface area contributed by atoms with Gasteiger partial charge in [-0.15, -0.1) is 0 Å². The highest BCUT2D eigenvalue weighted by Crippen LogP contribution is 2.31. The van der Waals surface area contributed by atoms with E-state index >= 15 is 0 Å². The van der Waals surface area contributed by atoms with Crippen LogP contribution in [0.15, 0.2) is 46.0 Å². The fourth-order valence-electron chi connectivity index (χ4n) is 2.36. The first kappa shape index (κ1) is 14.3. The number of rotatable bonds is 2. The fraction of sp³-hybridized carbons (Fsp3) is 0.353. The summed E-state index contributed by atoms with van der Waals surface area (Å²) >= 11 is 3.43. The summed E-state index contributed by atoms with van der Waals surface area (Å²) < 4.78 is 1.06. The largest absolute Gasteiger partial charge is 0.289 e. The molecule has 0 radical (unpaired) electrons. The van der Waals surface area contributed by atoms with E-state index < -0.39 is 0 Å². The third-order valence-electron chi connectivity index (χ3n) is 3.56. The molecule has 0 bridgehead atoms. The number of carbonyl (C=O) groups is 1. The van der Waals surface area contributed by atoms with Crippen molar-refractivity contribution in [3.05, 3.63) is 51.5 Å². The minimum atomic E-state index is 0.219. The summed E-state index contributed by atoms with van der Waals surface area (Å²) in [5.74, 6) is 0.823. The van der Waals surface area contributed by atoms with Gasteiger partial charge in [0.15, 0.2) is 5.78 Å². The molecular weight excluding hydrogens is 300 g/mol. The summed E-state index contributed by atoms with van der Waals surface area (Å²) in [5, 5.41) is 0. The van der Waals surface area contributed by atoms with Gasteiger partial charge in [0.25, 0.3) is 0 Å². The van der Waals surface area contributed by atoms with E-state index in [0.717, 1.165) is 27.6 Å². The summed E-state index contributed by atoms with van der Waals surface area (Å²) in [4.78, 5) is 12.5. The summed E-state index contributed by atoms with van der Waals surface area (Å²) in [6.45, 7) is 6.28. The second kappa shape index (κ2) is 5.87. The van der Waals surface area contributed by atoms with Crippen LogP contribution < -0.4 is 0 Å². The molecule has 2 heteroatoms. The predicted octanol–water partition coefficient (Wildman–Crippen LogP) is 5.02. The van der Waals surface area contributed by atoms with E-state index in [0.29, 0.717) is 11.8 Å². The van der Waals surface area contributed by atoms with Gasteiger partial charge in [0.2, 0.25) is 0 Å². The molecule has 19 heavy (non-hydrogen) atoms. The van der Waals surface area contributed by atoms with E-state index in [4.69, 9.17) is 0 Å². The van der Waals surface area contributed by atoms with Crippen molar-refractivity contribution in [1.29, 1.82) is 0 Å². The number of hydrogen-bond acceptors (Lipinski definition) is 1. The molecule has 1 aromatic rings. The molecule has 1 aliphatic rings. The van der Waals surface area contributed by atoms with Gasteiger partial charge < -0.3 is 0 Å². The van der Waals surface area contributed by atoms with Gasteiger partial charge in [-0.2, -0.15) is 0 Å². The summed E-state index contributed by atoms with van der Waals surface area (Å²) in [5.41, 5.74) is 2.98. The predicted molar refractivity (Wildman–Crippen MR) is 83.8 cm³/mol. The van der Waals surface area contributed by atoms with Gasteiger partial charge in [-0.05, 0) is 47.6 Å². The van der Waals surface area contributed by atoms with Crippen LogP contribution in [0.25, 0.3) is 6.08 Å². The highest BCUT2D eigenvalue weighted by Gasteiger charge is 2.26. The number of Topliss-reactive ketones (excluding diaryl/α,β-unsaturated/α-hetero) is 1. The third-order valence-corrected chi connectivity index (χ3v) is 4.09. The Labute approximate surface area is 123 Å². The first-order chi connectivity index (χ1) is 8.99. The molecule has 1 aliphatic carbocycles. The lowest BCUT2D eigenvalue weighted by molar-refractivity contribution is -0.113. The van der Waals surface area contributed by atoms with Gasteiger partial charge in [-0.25, -0.2) is 0 Å². The molecule has 0 fully saturated rings. The average Bonchev–Trinajstić information content (AvgIpc) is 2.36. The zero-order chi connectivity index (χ0) is 14.0. The Balaban J connectivity index is 2.35. The highest BCUT2D eigenvalue weighted by molar-refractivity contribution is 9.10. The van der Waals surface area contributed by atoms with E-state index in [1.54, 1.807) is 0 Å². The topological polar surface area (TPSA) is 17.1 Å². The Morgan fingerprint density at radius 3 is 2.47 bits per heavy atom. The molecule has 0 aliphatic heterocycles. The number of carbonyl (C=O) groups excluding carboxylic acids is 1. The maximum absolute atomic E-state index is 12.5. The van der Waals surface area contributed by atoms with Crippen LogP contribution in [-0.4, -0.2) is 5.78 Å². The molecule has 1 atom stereocenters. The van der Waals surface area contributed by atoms with Crippen molar-refractivity contribution in [2.75, 3.05) is 0 Å². The molecule has 0 N–H and O–H groups in total. The molecule has 0 spiro atoms. The second-order valence-electron chi connectivity index (χ2n) is 5.43. The van der Waals surface area contributed by atoms with E-state index in [1.165, 1.54) is 0 Å². The Morgan fingerprint density at radius 2 is 1.89 bits per heavy atom. The molecule has 0 aromatic heterocycles. The monoisotopic (exact) mass is 318 g/mol. The van der Waals surface area contributed by atoms with E-state index in [-0.39, 0.29) is 5.78 Å². The van der Waals surface area contributed by atoms with Crippen LogP contribution in [0.4, 0.5) is 0 Å². The van der Waals surface area contributed by atoms with Gasteiger partial charge in [0.1, 0.15) is 0 Å². The first-order valence-electron chi connectivity index (χ1n) is 6.71. The SMILES string of the molecule is CC(C)C1=CC[C@H](C)/C(=C\c2ccc(Br)cc2)C1=O. The molecular formula is C17H19BrO. The van der Waals surface area contributed by atoms with Crippen LogP contribution in [0, 0.1) is 11.8 Å². The summed E-state index contributed by atoms with van der Waals surface area (Å²) in [7, 11) is 0. The van der Waals surface area contributed by atoms with Crippen LogP contribution in [0.2, 0.25) is 0 Å². The van der Waals surface area contributed by atoms with Gasteiger partial charge in [-0.3, -0.25) is 4.79 Å². The summed E-state index contributed by atoms with van der Waals surface area (Å²) in [6, 6.07) is 8.07. The molecule has 2 rings (SSSR count). The molecule has 1 nitrogen and oxygen atoms in total. The Morgan fingerprint density at radius 1 is 1.26 bits per heavy atom. The van der Waals surface area contributed by atoms with E-state index in [9.17, 15) is 4.79 Å². The number of allylic oxidation sites excluding steroid dienone is 3. The van der Waals surface area contributed by atoms with Crippen molar-refractivity contribution in [3.63, 3.8) is 0 Å². The van der Waals surface area contributed by atoms with Crippen molar-refractivity contribution in [1.82, 2.24) is 0 Å². The fourth-order valence-corrected chi connectivity index (χ4v) is 2.62. The Hall–Kier alpha value is -1.15. The minimum absolute atomic E-state index is 0.219. The number of halogens is 1. The lowest BCUT2D eigenvalue weighted by Crippen LogP contribution is -2.20. The van der Waals surface area contributed by atoms with Crippen molar-refractivity contribution in [2.45, 2.75) is 27.2 Å². The van der Waals surface area contributed by atoms with Crippen LogP contribution in [0.5, 0.6) is 0 Å². The standard InChI is InChI=1S/C17H19BrO/c1-11(2)15-9-4-12(3)16(17(15)19)10-13-5-7-14(18)8-6-13/h5-12H,4H2,1-3H3/b16-10+/t12-/m0/s1. The maximum atomic E-state index is 12.5. The van der Waals surface area contributed by atoms with Gasteiger partial charge >= 0.3 is 0 Å². The lowest BCUT2D eigenvalue weighted by Gasteiger charge is -2.23. The molecule has 1 aromatic carbocycles. The molecule has 0 saturated carbocycles. The van der Waals surface area contributed by atoms with Crippen LogP contribution in [0.3, 0.4) is 0 Å². The van der Waals surface area contributed by atoms with E-state index in [2.05, 4.69) is 42.8 Å². The minimum Gasteiger partial charge on any atom is -0.289 e. The number of hydrogen-bond donors (Lipinski definition) is 0. The van der Waals surface area contributed by atoms with Crippen LogP contribution in [-0.2, 0) is 4.79 Å². The first-order valence-corrected chi connectivity index (χ1v) is 7.50. The third kappa shape index (κ3) is 3.24. The zero-order valence-corrected chi connectivity index (χ0v) is 13.2. The zero-order valence-electron chi connectivity index (χ0n) is 11.6. The number of ketones is 1. The van der Waals surface area contributed by atoms with Crippen molar-refractivity contribution < 1.29 is 4.79 Å². The second-order valence-corrected chi connectivity index (χ2v) is 6.35. The van der Waals surface area contributed by atoms with Gasteiger partial charge in [0, 0.05) is 10.0 Å². The smallest absolute Gasteiger partial charge is 0.185 e. The molecule has 0 unspecified atom stereocenters. The summed E-state index contributed by atoms with van der Waals surface area (Å²) in [6.07, 6.45) is 5.10. The van der Waals surface area contributed by atoms with Crippen molar-refractivity contribution in [3.8, 4) is 0 Å². The number of benzene rings is 1. The van der Waals surface area contributed by atoms with Crippen molar-refractivity contribution in [2.24, 2.45) is 11.8 Å². The molecule has 0 heterocycles. The average molecular weight is 319 g/mol.